The van der Waals surface area contributed by atoms with E-state index in [-0.39, 0.29) is 11.6 Å². The second kappa shape index (κ2) is 5.38. The molecule has 0 amide bonds. The maximum Gasteiger partial charge on any atom is 0.356 e. The van der Waals surface area contributed by atoms with Crippen molar-refractivity contribution in [2.24, 2.45) is 0 Å². The van der Waals surface area contributed by atoms with Crippen LogP contribution in [0.15, 0.2) is 17.8 Å². The number of carbonyl (C=O) groups is 1. The second-order valence-corrected chi connectivity index (χ2v) is 5.17. The Balaban J connectivity index is 2.37. The third kappa shape index (κ3) is 2.92. The average Bonchev–Trinajstić information content (AvgIpc) is 2.38. The molecular formula is C14H19N3O2. The van der Waals surface area contributed by atoms with Crippen LogP contribution in [0, 0.1) is 0 Å². The Bertz CT molecular complexity index is 523. The fourth-order valence-corrected chi connectivity index (χ4v) is 2.05. The molecule has 0 saturated carbocycles. The first-order valence-corrected chi connectivity index (χ1v) is 6.50. The highest BCUT2D eigenvalue weighted by Gasteiger charge is 2.21. The van der Waals surface area contributed by atoms with Crippen LogP contribution in [0.4, 0.5) is 5.69 Å². The summed E-state index contributed by atoms with van der Waals surface area (Å²) in [5.41, 5.74) is 2.06. The molecule has 1 aliphatic rings. The zero-order valence-corrected chi connectivity index (χ0v) is 11.6. The van der Waals surface area contributed by atoms with Crippen LogP contribution in [-0.4, -0.2) is 34.1 Å². The predicted molar refractivity (Wildman–Crippen MR) is 73.7 cm³/mol. The molecule has 0 aromatic carbocycles. The number of hydrogen-bond donors (Lipinski definition) is 1. The highest BCUT2D eigenvalue weighted by molar-refractivity contribution is 5.92. The van der Waals surface area contributed by atoms with Gasteiger partial charge in [-0.2, -0.15) is 0 Å². The van der Waals surface area contributed by atoms with Crippen molar-refractivity contribution < 1.29 is 9.90 Å². The number of carboxylic acid groups (broad SMARTS) is 1. The molecule has 2 rings (SSSR count). The van der Waals surface area contributed by atoms with E-state index in [1.807, 2.05) is 18.7 Å². The molecule has 19 heavy (non-hydrogen) atoms. The number of aromatic carboxylic acids is 1. The van der Waals surface area contributed by atoms with Gasteiger partial charge >= 0.3 is 5.97 Å². The summed E-state index contributed by atoms with van der Waals surface area (Å²) in [5, 5.41) is 9.32. The number of carboxylic acids is 1. The summed E-state index contributed by atoms with van der Waals surface area (Å²) in [5.74, 6) is -0.300. The van der Waals surface area contributed by atoms with Gasteiger partial charge in [0.1, 0.15) is 5.82 Å². The number of rotatable bonds is 3. The SMILES string of the molecule is CC1=CCN(c2cnc(C(C)C)nc2C(=O)O)CC1. The number of aromatic nitrogens is 2. The van der Waals surface area contributed by atoms with Crippen LogP contribution in [0.2, 0.25) is 0 Å². The normalized spacial score (nSPS) is 15.6. The summed E-state index contributed by atoms with van der Waals surface area (Å²) in [4.78, 5) is 21.9. The number of nitrogens with zero attached hydrogens (tertiary/aromatic N) is 3. The number of anilines is 1. The summed E-state index contributed by atoms with van der Waals surface area (Å²) in [6.07, 6.45) is 4.71. The Kier molecular flexibility index (Phi) is 3.83. The van der Waals surface area contributed by atoms with Crippen LogP contribution in [0.3, 0.4) is 0 Å². The van der Waals surface area contributed by atoms with Crippen molar-refractivity contribution in [1.82, 2.24) is 9.97 Å². The van der Waals surface area contributed by atoms with Gasteiger partial charge < -0.3 is 10.0 Å². The maximum absolute atomic E-state index is 11.4. The molecule has 1 aromatic heterocycles. The molecule has 0 atom stereocenters. The van der Waals surface area contributed by atoms with Crippen molar-refractivity contribution >= 4 is 11.7 Å². The van der Waals surface area contributed by atoms with Crippen LogP contribution in [0.25, 0.3) is 0 Å². The molecule has 2 heterocycles. The molecule has 5 heteroatoms. The molecule has 0 unspecified atom stereocenters. The molecule has 0 saturated heterocycles. The average molecular weight is 261 g/mol. The third-order valence-corrected chi connectivity index (χ3v) is 3.28. The molecule has 1 aliphatic heterocycles. The van der Waals surface area contributed by atoms with Gasteiger partial charge in [0, 0.05) is 19.0 Å². The van der Waals surface area contributed by atoms with E-state index in [0.29, 0.717) is 11.5 Å². The molecule has 0 radical (unpaired) electrons. The highest BCUT2D eigenvalue weighted by Crippen LogP contribution is 2.23. The largest absolute Gasteiger partial charge is 0.476 e. The smallest absolute Gasteiger partial charge is 0.356 e. The first kappa shape index (κ1) is 13.5. The second-order valence-electron chi connectivity index (χ2n) is 5.17. The van der Waals surface area contributed by atoms with Gasteiger partial charge in [-0.25, -0.2) is 14.8 Å². The lowest BCUT2D eigenvalue weighted by atomic mass is 10.1. The molecule has 5 nitrogen and oxygen atoms in total. The summed E-state index contributed by atoms with van der Waals surface area (Å²) in [7, 11) is 0. The minimum Gasteiger partial charge on any atom is -0.476 e. The van der Waals surface area contributed by atoms with Crippen molar-refractivity contribution in [3.8, 4) is 0 Å². The summed E-state index contributed by atoms with van der Waals surface area (Å²) in [6, 6.07) is 0. The Morgan fingerprint density at radius 2 is 2.21 bits per heavy atom. The fourth-order valence-electron chi connectivity index (χ4n) is 2.05. The highest BCUT2D eigenvalue weighted by atomic mass is 16.4. The lowest BCUT2D eigenvalue weighted by Gasteiger charge is -2.28. The molecule has 1 aromatic rings. The number of hydrogen-bond acceptors (Lipinski definition) is 4. The molecule has 0 fully saturated rings. The van der Waals surface area contributed by atoms with Gasteiger partial charge in [-0.05, 0) is 13.3 Å². The lowest BCUT2D eigenvalue weighted by Crippen LogP contribution is -2.30. The van der Waals surface area contributed by atoms with Crippen LogP contribution in [0.1, 0.15) is 49.4 Å². The van der Waals surface area contributed by atoms with Crippen molar-refractivity contribution in [2.45, 2.75) is 33.1 Å². The summed E-state index contributed by atoms with van der Waals surface area (Å²) in [6.45, 7) is 7.53. The maximum atomic E-state index is 11.4. The van der Waals surface area contributed by atoms with Gasteiger partial charge in [0.15, 0.2) is 5.69 Å². The van der Waals surface area contributed by atoms with Crippen LogP contribution < -0.4 is 4.90 Å². The zero-order chi connectivity index (χ0) is 14.0. The Morgan fingerprint density at radius 1 is 1.47 bits per heavy atom. The Hall–Kier alpha value is -1.91. The Morgan fingerprint density at radius 3 is 2.74 bits per heavy atom. The first-order valence-electron chi connectivity index (χ1n) is 6.50. The molecule has 0 spiro atoms. The Labute approximate surface area is 113 Å². The van der Waals surface area contributed by atoms with Gasteiger partial charge in [-0.3, -0.25) is 0 Å². The van der Waals surface area contributed by atoms with Crippen LogP contribution in [-0.2, 0) is 0 Å². The van der Waals surface area contributed by atoms with Crippen LogP contribution in [0.5, 0.6) is 0 Å². The summed E-state index contributed by atoms with van der Waals surface area (Å²) < 4.78 is 0. The third-order valence-electron chi connectivity index (χ3n) is 3.28. The van der Waals surface area contributed by atoms with Crippen molar-refractivity contribution in [3.63, 3.8) is 0 Å². The zero-order valence-electron chi connectivity index (χ0n) is 11.6. The van der Waals surface area contributed by atoms with Crippen LogP contribution >= 0.6 is 0 Å². The predicted octanol–water partition coefficient (Wildman–Crippen LogP) is 2.45. The van der Waals surface area contributed by atoms with E-state index in [1.165, 1.54) is 5.57 Å². The lowest BCUT2D eigenvalue weighted by molar-refractivity contribution is 0.0690. The fraction of sp³-hybridized carbons (Fsp3) is 0.500. The minimum atomic E-state index is -0.995. The van der Waals surface area contributed by atoms with E-state index in [4.69, 9.17) is 0 Å². The van der Waals surface area contributed by atoms with Crippen molar-refractivity contribution in [2.75, 3.05) is 18.0 Å². The molecule has 1 N–H and O–H groups in total. The van der Waals surface area contributed by atoms with E-state index >= 15 is 0 Å². The minimum absolute atomic E-state index is 0.103. The van der Waals surface area contributed by atoms with Crippen molar-refractivity contribution in [1.29, 1.82) is 0 Å². The van der Waals surface area contributed by atoms with Gasteiger partial charge in [0.25, 0.3) is 0 Å². The quantitative estimate of drug-likeness (QED) is 0.847. The van der Waals surface area contributed by atoms with E-state index in [1.54, 1.807) is 6.20 Å². The van der Waals surface area contributed by atoms with E-state index < -0.39 is 5.97 Å². The summed E-state index contributed by atoms with van der Waals surface area (Å²) >= 11 is 0. The molecule has 102 valence electrons. The van der Waals surface area contributed by atoms with Gasteiger partial charge in [-0.1, -0.05) is 25.5 Å². The topological polar surface area (TPSA) is 66.3 Å². The van der Waals surface area contributed by atoms with E-state index in [9.17, 15) is 9.90 Å². The monoisotopic (exact) mass is 261 g/mol. The standard InChI is InChI=1S/C14H19N3O2/c1-9(2)13-15-8-11(12(16-13)14(18)19)17-6-4-10(3)5-7-17/h4,8-9H,5-7H2,1-3H3,(H,18,19). The van der Waals surface area contributed by atoms with Gasteiger partial charge in [0.05, 0.1) is 11.9 Å². The molecule has 0 aliphatic carbocycles. The molecule has 0 bridgehead atoms. The van der Waals surface area contributed by atoms with E-state index in [2.05, 4.69) is 23.0 Å². The first-order chi connectivity index (χ1) is 8.99. The molecular weight excluding hydrogens is 242 g/mol. The van der Waals surface area contributed by atoms with E-state index in [0.717, 1.165) is 19.5 Å². The van der Waals surface area contributed by atoms with Gasteiger partial charge in [0.2, 0.25) is 0 Å². The van der Waals surface area contributed by atoms with Crippen molar-refractivity contribution in [3.05, 3.63) is 29.4 Å². The van der Waals surface area contributed by atoms with Gasteiger partial charge in [-0.15, -0.1) is 0 Å².